The van der Waals surface area contributed by atoms with E-state index in [0.29, 0.717) is 6.10 Å². The first-order chi connectivity index (χ1) is 9.29. The SMILES string of the molecule is CCCNCc1cnccc1OC1CCN(C)CC1. The van der Waals surface area contributed by atoms with Crippen LogP contribution in [0.2, 0.25) is 0 Å². The van der Waals surface area contributed by atoms with Crippen LogP contribution in [0.25, 0.3) is 0 Å². The molecule has 0 spiro atoms. The molecule has 0 atom stereocenters. The van der Waals surface area contributed by atoms with Crippen LogP contribution in [0.3, 0.4) is 0 Å². The second kappa shape index (κ2) is 7.46. The molecule has 19 heavy (non-hydrogen) atoms. The predicted molar refractivity (Wildman–Crippen MR) is 77.4 cm³/mol. The zero-order valence-electron chi connectivity index (χ0n) is 12.1. The van der Waals surface area contributed by atoms with Gasteiger partial charge in [-0.25, -0.2) is 0 Å². The molecule has 0 saturated carbocycles. The van der Waals surface area contributed by atoms with Crippen LogP contribution in [0.15, 0.2) is 18.5 Å². The van der Waals surface area contributed by atoms with Crippen LogP contribution in [0.4, 0.5) is 0 Å². The average Bonchev–Trinajstić information content (AvgIpc) is 2.43. The van der Waals surface area contributed by atoms with Crippen LogP contribution in [0.5, 0.6) is 5.75 Å². The lowest BCUT2D eigenvalue weighted by atomic mass is 10.1. The standard InChI is InChI=1S/C15H25N3O/c1-3-7-16-11-13-12-17-8-4-15(13)19-14-5-9-18(2)10-6-14/h4,8,12,14,16H,3,5-7,9-11H2,1-2H3. The van der Waals surface area contributed by atoms with Crippen LogP contribution >= 0.6 is 0 Å². The van der Waals surface area contributed by atoms with Crippen molar-refractivity contribution in [3.05, 3.63) is 24.0 Å². The Kier molecular flexibility index (Phi) is 5.61. The molecule has 4 nitrogen and oxygen atoms in total. The van der Waals surface area contributed by atoms with E-state index in [4.69, 9.17) is 4.74 Å². The van der Waals surface area contributed by atoms with Crippen molar-refractivity contribution in [1.82, 2.24) is 15.2 Å². The van der Waals surface area contributed by atoms with Crippen molar-refractivity contribution in [2.45, 2.75) is 38.8 Å². The van der Waals surface area contributed by atoms with Crippen LogP contribution in [0.1, 0.15) is 31.7 Å². The molecule has 0 aromatic carbocycles. The van der Waals surface area contributed by atoms with Crippen molar-refractivity contribution < 1.29 is 4.74 Å². The normalized spacial score (nSPS) is 17.6. The van der Waals surface area contributed by atoms with Crippen molar-refractivity contribution in [2.24, 2.45) is 0 Å². The molecule has 0 aliphatic carbocycles. The number of aromatic nitrogens is 1. The molecule has 0 bridgehead atoms. The molecule has 4 heteroatoms. The van der Waals surface area contributed by atoms with E-state index in [2.05, 4.69) is 29.2 Å². The predicted octanol–water partition coefficient (Wildman–Crippen LogP) is 2.05. The fraction of sp³-hybridized carbons (Fsp3) is 0.667. The summed E-state index contributed by atoms with van der Waals surface area (Å²) in [5.74, 6) is 0.994. The number of ether oxygens (including phenoxy) is 1. The Hall–Kier alpha value is -1.13. The topological polar surface area (TPSA) is 37.4 Å². The summed E-state index contributed by atoms with van der Waals surface area (Å²) < 4.78 is 6.16. The van der Waals surface area contributed by atoms with Gasteiger partial charge in [-0.15, -0.1) is 0 Å². The van der Waals surface area contributed by atoms with Gasteiger partial charge in [0.2, 0.25) is 0 Å². The summed E-state index contributed by atoms with van der Waals surface area (Å²) in [6, 6.07) is 1.99. The van der Waals surface area contributed by atoms with Crippen molar-refractivity contribution in [3.63, 3.8) is 0 Å². The van der Waals surface area contributed by atoms with Gasteiger partial charge in [0.1, 0.15) is 11.9 Å². The number of hydrogen-bond acceptors (Lipinski definition) is 4. The summed E-state index contributed by atoms with van der Waals surface area (Å²) in [4.78, 5) is 6.56. The van der Waals surface area contributed by atoms with Crippen molar-refractivity contribution in [2.75, 3.05) is 26.7 Å². The van der Waals surface area contributed by atoms with Crippen molar-refractivity contribution in [1.29, 1.82) is 0 Å². The zero-order valence-corrected chi connectivity index (χ0v) is 12.1. The number of nitrogens with one attached hydrogen (secondary N) is 1. The lowest BCUT2D eigenvalue weighted by molar-refractivity contribution is 0.113. The Bertz CT molecular complexity index is 375. The molecule has 106 valence electrons. The molecule has 1 fully saturated rings. The van der Waals surface area contributed by atoms with E-state index < -0.39 is 0 Å². The lowest BCUT2D eigenvalue weighted by Crippen LogP contribution is -2.35. The van der Waals surface area contributed by atoms with Gasteiger partial charge in [-0.05, 0) is 38.9 Å². The third kappa shape index (κ3) is 4.48. The molecule has 0 radical (unpaired) electrons. The van der Waals surface area contributed by atoms with Gasteiger partial charge in [0, 0.05) is 37.6 Å². The first-order valence-corrected chi connectivity index (χ1v) is 7.28. The Morgan fingerprint density at radius 3 is 2.95 bits per heavy atom. The van der Waals surface area contributed by atoms with Crippen LogP contribution in [-0.4, -0.2) is 42.7 Å². The summed E-state index contributed by atoms with van der Waals surface area (Å²) in [6.07, 6.45) is 7.44. The highest BCUT2D eigenvalue weighted by molar-refractivity contribution is 5.30. The zero-order chi connectivity index (χ0) is 13.5. The number of rotatable bonds is 6. The molecule has 1 saturated heterocycles. The first-order valence-electron chi connectivity index (χ1n) is 7.28. The minimum atomic E-state index is 0.350. The van der Waals surface area contributed by atoms with Gasteiger partial charge in [0.15, 0.2) is 0 Å². The number of nitrogens with zero attached hydrogens (tertiary/aromatic N) is 2. The van der Waals surface area contributed by atoms with E-state index in [1.165, 1.54) is 0 Å². The van der Waals surface area contributed by atoms with E-state index in [1.54, 1.807) is 0 Å². The summed E-state index contributed by atoms with van der Waals surface area (Å²) in [7, 11) is 2.17. The van der Waals surface area contributed by atoms with Crippen LogP contribution in [0, 0.1) is 0 Å². The molecular formula is C15H25N3O. The fourth-order valence-electron chi connectivity index (χ4n) is 2.34. The molecule has 0 unspecified atom stereocenters. The average molecular weight is 263 g/mol. The number of hydrogen-bond donors (Lipinski definition) is 1. The molecule has 2 heterocycles. The van der Waals surface area contributed by atoms with Crippen molar-refractivity contribution in [3.8, 4) is 5.75 Å². The largest absolute Gasteiger partial charge is 0.490 e. The maximum Gasteiger partial charge on any atom is 0.127 e. The fourth-order valence-corrected chi connectivity index (χ4v) is 2.34. The number of pyridine rings is 1. The van der Waals surface area contributed by atoms with Gasteiger partial charge in [-0.1, -0.05) is 6.92 Å². The van der Waals surface area contributed by atoms with Gasteiger partial charge in [0.25, 0.3) is 0 Å². The van der Waals surface area contributed by atoms with E-state index in [0.717, 1.165) is 56.8 Å². The first kappa shape index (κ1) is 14.3. The quantitative estimate of drug-likeness (QED) is 0.797. The second-order valence-electron chi connectivity index (χ2n) is 5.28. The number of piperidine rings is 1. The highest BCUT2D eigenvalue weighted by atomic mass is 16.5. The van der Waals surface area contributed by atoms with E-state index in [-0.39, 0.29) is 0 Å². The van der Waals surface area contributed by atoms with E-state index in [9.17, 15) is 0 Å². The molecule has 1 aliphatic heterocycles. The molecule has 1 N–H and O–H groups in total. The Labute approximate surface area is 116 Å². The second-order valence-corrected chi connectivity index (χ2v) is 5.28. The maximum atomic E-state index is 6.16. The van der Waals surface area contributed by atoms with Crippen LogP contribution < -0.4 is 10.1 Å². The Morgan fingerprint density at radius 2 is 2.21 bits per heavy atom. The smallest absolute Gasteiger partial charge is 0.127 e. The summed E-state index contributed by atoms with van der Waals surface area (Å²) >= 11 is 0. The Morgan fingerprint density at radius 1 is 1.42 bits per heavy atom. The van der Waals surface area contributed by atoms with E-state index in [1.807, 2.05) is 18.5 Å². The molecular weight excluding hydrogens is 238 g/mol. The third-order valence-corrected chi connectivity index (χ3v) is 3.56. The minimum Gasteiger partial charge on any atom is -0.490 e. The van der Waals surface area contributed by atoms with Crippen molar-refractivity contribution >= 4 is 0 Å². The van der Waals surface area contributed by atoms with Gasteiger partial charge >= 0.3 is 0 Å². The molecule has 1 aromatic rings. The molecule has 1 aliphatic rings. The molecule has 0 amide bonds. The Balaban J connectivity index is 1.91. The highest BCUT2D eigenvalue weighted by Gasteiger charge is 2.18. The summed E-state index contributed by atoms with van der Waals surface area (Å²) in [5, 5.41) is 3.41. The van der Waals surface area contributed by atoms with Gasteiger partial charge in [0.05, 0.1) is 0 Å². The minimum absolute atomic E-state index is 0.350. The molecule has 2 rings (SSSR count). The van der Waals surface area contributed by atoms with Crippen LogP contribution in [-0.2, 0) is 6.54 Å². The number of likely N-dealkylation sites (tertiary alicyclic amines) is 1. The van der Waals surface area contributed by atoms with Gasteiger partial charge in [-0.2, -0.15) is 0 Å². The lowest BCUT2D eigenvalue weighted by Gasteiger charge is -2.29. The van der Waals surface area contributed by atoms with E-state index >= 15 is 0 Å². The highest BCUT2D eigenvalue weighted by Crippen LogP contribution is 2.21. The summed E-state index contributed by atoms with van der Waals surface area (Å²) in [6.45, 7) is 6.29. The third-order valence-electron chi connectivity index (χ3n) is 3.56. The van der Waals surface area contributed by atoms with Gasteiger partial charge in [-0.3, -0.25) is 4.98 Å². The molecule has 1 aromatic heterocycles. The monoisotopic (exact) mass is 263 g/mol. The van der Waals surface area contributed by atoms with Gasteiger partial charge < -0.3 is 15.0 Å². The maximum absolute atomic E-state index is 6.16. The summed E-state index contributed by atoms with van der Waals surface area (Å²) in [5.41, 5.74) is 1.16.